The van der Waals surface area contributed by atoms with Crippen molar-refractivity contribution in [3.8, 4) is 23.3 Å². The molecule has 8 rings (SSSR count). The Bertz CT molecular complexity index is 2450. The summed E-state index contributed by atoms with van der Waals surface area (Å²) in [6.45, 7) is 7.16. The molecule has 4 saturated heterocycles. The summed E-state index contributed by atoms with van der Waals surface area (Å²) in [6.07, 6.45) is 7.95. The Morgan fingerprint density at radius 1 is 1.08 bits per heavy atom. The SMILES string of the molecule is CCN(C)SNc1ccc(F)c(Oc2ccc3ncn(C)c(=O)c3c2)c1C#N.O=C1CCC(c2ccc(C3CCN(CC(=O)N4CCC5(CCCO5)CC4)CC3)c(OSF)c2)C(=O)N1.[B]. The van der Waals surface area contributed by atoms with Crippen LogP contribution in [0.2, 0.25) is 0 Å². The lowest BCUT2D eigenvalue weighted by Gasteiger charge is -2.40. The fourth-order valence-electron chi connectivity index (χ4n) is 8.65. The second-order valence-electron chi connectivity index (χ2n) is 16.5. The van der Waals surface area contributed by atoms with Gasteiger partial charge in [-0.3, -0.25) is 29.4 Å². The summed E-state index contributed by atoms with van der Waals surface area (Å²) >= 11 is 1.08. The minimum absolute atomic E-state index is 0. The number of imide groups is 1. The quantitative estimate of drug-likeness (QED) is 0.0662. The Kier molecular flexibility index (Phi) is 16.9. The molecule has 65 heavy (non-hydrogen) atoms. The number of anilines is 1. The number of aryl methyl sites for hydroxylation is 1. The molecule has 0 aliphatic carbocycles. The van der Waals surface area contributed by atoms with Gasteiger partial charge in [0.05, 0.1) is 41.0 Å². The van der Waals surface area contributed by atoms with Crippen LogP contribution < -0.4 is 24.5 Å². The van der Waals surface area contributed by atoms with Crippen LogP contribution in [-0.4, -0.2) is 108 Å². The number of hydrogen-bond acceptors (Lipinski definition) is 14. The Morgan fingerprint density at radius 3 is 2.52 bits per heavy atom. The molecule has 5 heterocycles. The molecular weight excluding hydrogens is 877 g/mol. The molecule has 3 amide bonds. The van der Waals surface area contributed by atoms with Gasteiger partial charge in [0.15, 0.2) is 11.6 Å². The fraction of sp³-hybridized carbons (Fsp3) is 0.467. The number of nitrogens with one attached hydrogen (secondary N) is 2. The van der Waals surface area contributed by atoms with Gasteiger partial charge in [-0.15, -0.1) is 3.89 Å². The summed E-state index contributed by atoms with van der Waals surface area (Å²) in [4.78, 5) is 57.3. The molecule has 2 N–H and O–H groups in total. The normalized spacial score (nSPS) is 18.7. The Hall–Kier alpha value is -5.20. The Labute approximate surface area is 387 Å². The van der Waals surface area contributed by atoms with E-state index < -0.39 is 11.7 Å². The van der Waals surface area contributed by atoms with Gasteiger partial charge in [-0.2, -0.15) is 5.26 Å². The van der Waals surface area contributed by atoms with Crippen LogP contribution in [0.5, 0.6) is 17.2 Å². The first kappa shape index (κ1) is 49.2. The molecule has 4 aliphatic rings. The highest BCUT2D eigenvalue weighted by molar-refractivity contribution is 7.98. The van der Waals surface area contributed by atoms with Crippen LogP contribution in [0.4, 0.5) is 14.0 Å². The Morgan fingerprint density at radius 2 is 1.85 bits per heavy atom. The molecule has 4 aliphatic heterocycles. The van der Waals surface area contributed by atoms with E-state index in [4.69, 9.17) is 13.7 Å². The van der Waals surface area contributed by atoms with E-state index in [0.717, 1.165) is 89.0 Å². The highest BCUT2D eigenvalue weighted by Gasteiger charge is 2.39. The van der Waals surface area contributed by atoms with E-state index in [1.807, 2.05) is 41.4 Å². The predicted molar refractivity (Wildman–Crippen MR) is 246 cm³/mol. The van der Waals surface area contributed by atoms with Gasteiger partial charge < -0.3 is 27.8 Å². The number of halogens is 2. The number of nitriles is 1. The molecule has 1 unspecified atom stereocenters. The molecule has 1 atom stereocenters. The van der Waals surface area contributed by atoms with Crippen molar-refractivity contribution in [2.24, 2.45) is 7.05 Å². The summed E-state index contributed by atoms with van der Waals surface area (Å²) in [5.41, 5.74) is 2.39. The maximum atomic E-state index is 14.4. The summed E-state index contributed by atoms with van der Waals surface area (Å²) in [7, 11) is 3.48. The van der Waals surface area contributed by atoms with Gasteiger partial charge in [-0.1, -0.05) is 19.1 Å². The fourth-order valence-corrected chi connectivity index (χ4v) is 9.41. The van der Waals surface area contributed by atoms with Gasteiger partial charge >= 0.3 is 0 Å². The first-order valence-corrected chi connectivity index (χ1v) is 22.9. The van der Waals surface area contributed by atoms with E-state index >= 15 is 0 Å². The van der Waals surface area contributed by atoms with Crippen LogP contribution in [0.25, 0.3) is 10.9 Å². The van der Waals surface area contributed by atoms with Crippen molar-refractivity contribution in [2.75, 3.05) is 57.6 Å². The number of benzene rings is 3. The van der Waals surface area contributed by atoms with Crippen molar-refractivity contribution in [1.29, 1.82) is 5.26 Å². The number of amides is 3. The number of ether oxygens (including phenoxy) is 2. The van der Waals surface area contributed by atoms with Crippen molar-refractivity contribution in [3.63, 3.8) is 0 Å². The van der Waals surface area contributed by atoms with Gasteiger partial charge in [-0.25, -0.2) is 13.7 Å². The number of likely N-dealkylation sites (tertiary alicyclic amines) is 2. The minimum Gasteiger partial charge on any atom is -0.453 e. The molecule has 343 valence electrons. The lowest BCUT2D eigenvalue weighted by atomic mass is 9.85. The molecule has 3 radical (unpaired) electrons. The first-order chi connectivity index (χ1) is 30.9. The maximum Gasteiger partial charge on any atom is 0.272 e. The van der Waals surface area contributed by atoms with Gasteiger partial charge in [0, 0.05) is 60.3 Å². The minimum atomic E-state index is -0.671. The second-order valence-corrected chi connectivity index (χ2v) is 17.8. The standard InChI is InChI=1S/C26H34FN3O5S.C19H18FN5O2S.B/c27-36-35-22-16-19(21-4-5-23(31)28-25(21)33)2-3-20(22)18-6-11-29(12-7-18)17-24(32)30-13-9-26(10-14-30)8-1-15-34-26;1-4-25(3)28-23-17-8-6-15(20)18(14(17)10-21)27-12-5-7-16-13(9-12)19(26)24(2)11-22-16;/h2-3,16,18,21H,1,4-15,17H2,(H,28,31,33);5-9,11,23H,4H2,1-3H3;. The third-order valence-corrected chi connectivity index (χ3v) is 13.6. The van der Waals surface area contributed by atoms with E-state index in [1.54, 1.807) is 25.2 Å². The van der Waals surface area contributed by atoms with Crippen LogP contribution >= 0.6 is 24.6 Å². The van der Waals surface area contributed by atoms with Crippen molar-refractivity contribution in [2.45, 2.75) is 75.7 Å². The number of fused-ring (bicyclic) bond motifs is 1. The maximum absolute atomic E-state index is 14.4. The first-order valence-electron chi connectivity index (χ1n) is 21.5. The molecule has 20 heteroatoms. The molecule has 4 fully saturated rings. The van der Waals surface area contributed by atoms with Crippen molar-refractivity contribution < 1.29 is 36.3 Å². The zero-order valence-electron chi connectivity index (χ0n) is 36.6. The van der Waals surface area contributed by atoms with Gasteiger partial charge in [0.1, 0.15) is 23.1 Å². The zero-order valence-corrected chi connectivity index (χ0v) is 38.3. The van der Waals surface area contributed by atoms with E-state index in [2.05, 4.69) is 19.9 Å². The average Bonchev–Trinajstić information content (AvgIpc) is 3.76. The molecule has 0 saturated carbocycles. The number of piperidine rings is 3. The van der Waals surface area contributed by atoms with Crippen molar-refractivity contribution in [1.82, 2.24) is 29.0 Å². The van der Waals surface area contributed by atoms with Gasteiger partial charge in [0.25, 0.3) is 18.0 Å². The molecule has 4 aromatic rings. The van der Waals surface area contributed by atoms with Crippen LogP contribution in [0, 0.1) is 17.1 Å². The number of nitrogens with zero attached hydrogens (tertiary/aromatic N) is 6. The molecule has 15 nitrogen and oxygen atoms in total. The second kappa shape index (κ2) is 22.3. The monoisotopic (exact) mass is 929 g/mol. The van der Waals surface area contributed by atoms with Gasteiger partial charge in [0.2, 0.25) is 17.7 Å². The molecule has 1 spiro atoms. The van der Waals surface area contributed by atoms with Crippen molar-refractivity contribution in [3.05, 3.63) is 87.7 Å². The van der Waals surface area contributed by atoms with Crippen molar-refractivity contribution >= 4 is 67.3 Å². The number of aromatic nitrogens is 2. The number of hydrogen-bond donors (Lipinski definition) is 2. The lowest BCUT2D eigenvalue weighted by Crippen LogP contribution is -2.49. The average molecular weight is 930 g/mol. The molecule has 1 aromatic heterocycles. The largest absolute Gasteiger partial charge is 0.453 e. The van der Waals surface area contributed by atoms with Crippen LogP contribution in [0.3, 0.4) is 0 Å². The lowest BCUT2D eigenvalue weighted by molar-refractivity contribution is -0.137. The number of rotatable bonds is 12. The molecular formula is C45H52BF2N8O7S2. The van der Waals surface area contributed by atoms with Gasteiger partial charge in [-0.05, 0) is 119 Å². The summed E-state index contributed by atoms with van der Waals surface area (Å²) < 4.78 is 50.7. The highest BCUT2D eigenvalue weighted by atomic mass is 32.2. The third-order valence-electron chi connectivity index (χ3n) is 12.5. The zero-order chi connectivity index (χ0) is 45.4. The number of carbonyl (C=O) groups is 3. The number of carbonyl (C=O) groups excluding carboxylic acids is 3. The third kappa shape index (κ3) is 11.8. The highest BCUT2D eigenvalue weighted by Crippen LogP contribution is 2.40. The summed E-state index contributed by atoms with van der Waals surface area (Å²) in [6, 6.07) is 14.9. The topological polar surface area (TPSA) is 171 Å². The van der Waals surface area contributed by atoms with E-state index in [-0.39, 0.29) is 79.1 Å². The molecule has 0 bridgehead atoms. The van der Waals surface area contributed by atoms with E-state index in [1.165, 1.54) is 41.2 Å². The van der Waals surface area contributed by atoms with Crippen LogP contribution in [0.1, 0.15) is 86.8 Å². The predicted octanol–water partition coefficient (Wildman–Crippen LogP) is 6.75. The summed E-state index contributed by atoms with van der Waals surface area (Å²) in [5.74, 6) is -0.865. The Balaban J connectivity index is 0.000000219. The van der Waals surface area contributed by atoms with E-state index in [9.17, 15) is 32.7 Å². The molecule has 3 aromatic carbocycles. The van der Waals surface area contributed by atoms with Crippen LogP contribution in [0.15, 0.2) is 59.7 Å². The summed E-state index contributed by atoms with van der Waals surface area (Å²) in [5, 5.41) is 12.3. The van der Waals surface area contributed by atoms with E-state index in [0.29, 0.717) is 35.3 Å². The smallest absolute Gasteiger partial charge is 0.272 e. The van der Waals surface area contributed by atoms with Crippen LogP contribution in [-0.2, 0) is 26.2 Å².